The highest BCUT2D eigenvalue weighted by molar-refractivity contribution is 6.30. The standard InChI is InChI=1S/C21H21ClN6O/c1-12-4-3-5-17(13(12)2)27-11-23-20-18(21(27)29)25-26-19-16(10-24-28(19)20)14-6-8-15(22)9-7-14/h6-13,17H,3-5H2,1-2H3. The van der Waals surface area contributed by atoms with Crippen LogP contribution in [0.1, 0.15) is 39.2 Å². The molecule has 3 atom stereocenters. The van der Waals surface area contributed by atoms with Crippen molar-refractivity contribution in [1.82, 2.24) is 29.4 Å². The topological polar surface area (TPSA) is 78.0 Å². The van der Waals surface area contributed by atoms with Gasteiger partial charge in [-0.15, -0.1) is 10.2 Å². The van der Waals surface area contributed by atoms with Crippen LogP contribution in [0, 0.1) is 11.8 Å². The van der Waals surface area contributed by atoms with E-state index in [4.69, 9.17) is 11.6 Å². The van der Waals surface area contributed by atoms with E-state index >= 15 is 0 Å². The van der Waals surface area contributed by atoms with Gasteiger partial charge in [-0.05, 0) is 36.0 Å². The van der Waals surface area contributed by atoms with Crippen molar-refractivity contribution in [2.75, 3.05) is 0 Å². The van der Waals surface area contributed by atoms with Gasteiger partial charge in [-0.1, -0.05) is 50.4 Å². The van der Waals surface area contributed by atoms with Crippen molar-refractivity contribution in [3.63, 3.8) is 0 Å². The minimum atomic E-state index is -0.154. The van der Waals surface area contributed by atoms with Crippen molar-refractivity contribution in [2.45, 2.75) is 39.2 Å². The average molecular weight is 409 g/mol. The summed E-state index contributed by atoms with van der Waals surface area (Å²) < 4.78 is 3.33. The molecule has 0 amide bonds. The largest absolute Gasteiger partial charge is 0.294 e. The molecule has 0 bridgehead atoms. The molecule has 8 heteroatoms. The molecule has 0 saturated heterocycles. The number of nitrogens with zero attached hydrogens (tertiary/aromatic N) is 6. The molecule has 1 fully saturated rings. The first kappa shape index (κ1) is 18.2. The minimum absolute atomic E-state index is 0.142. The van der Waals surface area contributed by atoms with Gasteiger partial charge in [0, 0.05) is 16.6 Å². The quantitative estimate of drug-likeness (QED) is 0.497. The van der Waals surface area contributed by atoms with Crippen LogP contribution in [-0.4, -0.2) is 29.4 Å². The van der Waals surface area contributed by atoms with E-state index in [1.807, 2.05) is 24.3 Å². The number of hydrogen-bond donors (Lipinski definition) is 0. The molecule has 3 unspecified atom stereocenters. The van der Waals surface area contributed by atoms with Crippen LogP contribution in [0.3, 0.4) is 0 Å². The molecule has 5 rings (SSSR count). The number of fused-ring (bicyclic) bond motifs is 3. The monoisotopic (exact) mass is 408 g/mol. The van der Waals surface area contributed by atoms with Gasteiger partial charge in [-0.2, -0.15) is 9.61 Å². The molecule has 1 aromatic carbocycles. The number of halogens is 1. The summed E-state index contributed by atoms with van der Waals surface area (Å²) >= 11 is 5.99. The lowest BCUT2D eigenvalue weighted by Gasteiger charge is -2.34. The SMILES string of the molecule is CC1CCCC(n2cnc3c(nnc4c(-c5ccc(Cl)cc5)cnn43)c2=O)C1C. The Balaban J connectivity index is 1.65. The molecule has 0 radical (unpaired) electrons. The summed E-state index contributed by atoms with van der Waals surface area (Å²) in [6.45, 7) is 4.47. The normalized spacial score (nSPS) is 22.4. The second kappa shape index (κ2) is 6.91. The molecule has 0 N–H and O–H groups in total. The van der Waals surface area contributed by atoms with Crippen molar-refractivity contribution < 1.29 is 0 Å². The van der Waals surface area contributed by atoms with Crippen LogP contribution >= 0.6 is 11.6 Å². The second-order valence-corrected chi connectivity index (χ2v) is 8.40. The van der Waals surface area contributed by atoms with Gasteiger partial charge >= 0.3 is 0 Å². The Morgan fingerprint density at radius 1 is 1.07 bits per heavy atom. The second-order valence-electron chi connectivity index (χ2n) is 7.96. The van der Waals surface area contributed by atoms with Crippen molar-refractivity contribution >= 4 is 28.4 Å². The van der Waals surface area contributed by atoms with E-state index in [0.29, 0.717) is 28.2 Å². The zero-order valence-electron chi connectivity index (χ0n) is 16.3. The third kappa shape index (κ3) is 2.92. The number of hydrogen-bond acceptors (Lipinski definition) is 5. The Labute approximate surface area is 172 Å². The van der Waals surface area contributed by atoms with E-state index in [-0.39, 0.29) is 17.1 Å². The Morgan fingerprint density at radius 2 is 1.86 bits per heavy atom. The maximum Gasteiger partial charge on any atom is 0.283 e. The van der Waals surface area contributed by atoms with Gasteiger partial charge in [0.05, 0.1) is 6.20 Å². The van der Waals surface area contributed by atoms with Crippen LogP contribution in [-0.2, 0) is 0 Å². The Morgan fingerprint density at radius 3 is 2.66 bits per heavy atom. The van der Waals surface area contributed by atoms with E-state index in [0.717, 1.165) is 24.0 Å². The third-order valence-corrected chi connectivity index (χ3v) is 6.57. The summed E-state index contributed by atoms with van der Waals surface area (Å²) in [6, 6.07) is 7.59. The van der Waals surface area contributed by atoms with Crippen LogP contribution in [0.4, 0.5) is 0 Å². The molecule has 29 heavy (non-hydrogen) atoms. The van der Waals surface area contributed by atoms with Gasteiger partial charge in [-0.3, -0.25) is 9.36 Å². The van der Waals surface area contributed by atoms with E-state index in [9.17, 15) is 4.79 Å². The fourth-order valence-electron chi connectivity index (χ4n) is 4.40. The molecule has 1 saturated carbocycles. The smallest absolute Gasteiger partial charge is 0.283 e. The summed E-state index contributed by atoms with van der Waals surface area (Å²) in [6.07, 6.45) is 6.67. The third-order valence-electron chi connectivity index (χ3n) is 6.32. The molecular weight excluding hydrogens is 388 g/mol. The fourth-order valence-corrected chi connectivity index (χ4v) is 4.52. The predicted octanol–water partition coefficient (Wildman–Crippen LogP) is 4.15. The Kier molecular flexibility index (Phi) is 4.35. The van der Waals surface area contributed by atoms with Crippen LogP contribution < -0.4 is 5.56 Å². The summed E-state index contributed by atoms with van der Waals surface area (Å²) in [5.41, 5.74) is 2.82. The van der Waals surface area contributed by atoms with Gasteiger partial charge < -0.3 is 0 Å². The number of rotatable bonds is 2. The summed E-state index contributed by atoms with van der Waals surface area (Å²) in [5.74, 6) is 0.997. The molecule has 7 nitrogen and oxygen atoms in total. The molecule has 0 spiro atoms. The zero-order valence-corrected chi connectivity index (χ0v) is 17.0. The minimum Gasteiger partial charge on any atom is -0.294 e. The maximum absolute atomic E-state index is 13.2. The molecule has 148 valence electrons. The van der Waals surface area contributed by atoms with Crippen LogP contribution in [0.15, 0.2) is 41.6 Å². The average Bonchev–Trinajstić information content (AvgIpc) is 3.16. The highest BCUT2D eigenvalue weighted by atomic mass is 35.5. The lowest BCUT2D eigenvalue weighted by Crippen LogP contribution is -2.34. The highest BCUT2D eigenvalue weighted by Gasteiger charge is 2.30. The maximum atomic E-state index is 13.2. The van der Waals surface area contributed by atoms with E-state index in [1.165, 1.54) is 6.42 Å². The zero-order chi connectivity index (χ0) is 20.1. The highest BCUT2D eigenvalue weighted by Crippen LogP contribution is 2.36. The first-order valence-corrected chi connectivity index (χ1v) is 10.3. The number of aromatic nitrogens is 6. The molecule has 3 heterocycles. The molecular formula is C21H21ClN6O. The van der Waals surface area contributed by atoms with Crippen molar-refractivity contribution in [3.8, 4) is 11.1 Å². The lowest BCUT2D eigenvalue weighted by molar-refractivity contribution is 0.182. The van der Waals surface area contributed by atoms with E-state index in [2.05, 4.69) is 34.1 Å². The van der Waals surface area contributed by atoms with Crippen LogP contribution in [0.5, 0.6) is 0 Å². The Bertz CT molecular complexity index is 1260. The molecule has 0 aliphatic heterocycles. The summed E-state index contributed by atoms with van der Waals surface area (Å²) in [7, 11) is 0. The van der Waals surface area contributed by atoms with Crippen molar-refractivity contribution in [2.24, 2.45) is 11.8 Å². The lowest BCUT2D eigenvalue weighted by atomic mass is 9.78. The first-order valence-electron chi connectivity index (χ1n) is 9.92. The van der Waals surface area contributed by atoms with Gasteiger partial charge in [0.15, 0.2) is 16.8 Å². The Hall–Kier alpha value is -2.80. The van der Waals surface area contributed by atoms with Crippen LogP contribution in [0.25, 0.3) is 27.9 Å². The fraction of sp³-hybridized carbons (Fsp3) is 0.381. The van der Waals surface area contributed by atoms with Gasteiger partial charge in [0.25, 0.3) is 5.56 Å². The van der Waals surface area contributed by atoms with Gasteiger partial charge in [0.2, 0.25) is 0 Å². The number of benzene rings is 1. The summed E-state index contributed by atoms with van der Waals surface area (Å²) in [5, 5.41) is 13.7. The molecule has 1 aliphatic rings. The molecule has 4 aromatic rings. The van der Waals surface area contributed by atoms with Crippen LogP contribution in [0.2, 0.25) is 5.02 Å². The van der Waals surface area contributed by atoms with E-state index in [1.54, 1.807) is 21.6 Å². The molecule has 1 aliphatic carbocycles. The van der Waals surface area contributed by atoms with Crippen molar-refractivity contribution in [3.05, 3.63) is 52.2 Å². The van der Waals surface area contributed by atoms with E-state index < -0.39 is 0 Å². The van der Waals surface area contributed by atoms with Gasteiger partial charge in [0.1, 0.15) is 6.33 Å². The first-order chi connectivity index (χ1) is 14.0. The predicted molar refractivity (Wildman–Crippen MR) is 112 cm³/mol. The molecule has 3 aromatic heterocycles. The van der Waals surface area contributed by atoms with Gasteiger partial charge in [-0.25, -0.2) is 4.98 Å². The van der Waals surface area contributed by atoms with Crippen molar-refractivity contribution in [1.29, 1.82) is 0 Å². The summed E-state index contributed by atoms with van der Waals surface area (Å²) in [4.78, 5) is 17.8.